The topological polar surface area (TPSA) is 80.3 Å². The van der Waals surface area contributed by atoms with Gasteiger partial charge in [0.05, 0.1) is 22.7 Å². The number of thioether (sulfide) groups is 1. The Morgan fingerprint density at radius 1 is 1.27 bits per heavy atom. The quantitative estimate of drug-likeness (QED) is 0.520. The second kappa shape index (κ2) is 9.59. The van der Waals surface area contributed by atoms with E-state index >= 15 is 0 Å². The van der Waals surface area contributed by atoms with E-state index in [0.29, 0.717) is 29.1 Å². The maximum absolute atomic E-state index is 12.2. The van der Waals surface area contributed by atoms with Crippen LogP contribution in [0.1, 0.15) is 25.8 Å². The van der Waals surface area contributed by atoms with Crippen molar-refractivity contribution in [2.24, 2.45) is 5.92 Å². The van der Waals surface area contributed by atoms with Crippen molar-refractivity contribution >= 4 is 45.7 Å². The summed E-state index contributed by atoms with van der Waals surface area (Å²) in [6.07, 6.45) is 3.34. The Balaban J connectivity index is 1.95. The van der Waals surface area contributed by atoms with Crippen molar-refractivity contribution < 1.29 is 14.3 Å². The Labute approximate surface area is 161 Å². The van der Waals surface area contributed by atoms with Gasteiger partial charge < -0.3 is 15.4 Å². The molecule has 2 amide bonds. The van der Waals surface area contributed by atoms with Gasteiger partial charge in [-0.25, -0.2) is 4.98 Å². The fourth-order valence-electron chi connectivity index (χ4n) is 2.02. The highest BCUT2D eigenvalue weighted by Gasteiger charge is 2.14. The van der Waals surface area contributed by atoms with Gasteiger partial charge in [0, 0.05) is 0 Å². The zero-order valence-corrected chi connectivity index (χ0v) is 16.9. The van der Waals surface area contributed by atoms with Gasteiger partial charge in [0.25, 0.3) is 0 Å². The third-order valence-electron chi connectivity index (χ3n) is 3.24. The summed E-state index contributed by atoms with van der Waals surface area (Å²) in [5.41, 5.74) is 1.60. The number of hydrogen-bond donors (Lipinski definition) is 2. The van der Waals surface area contributed by atoms with Gasteiger partial charge in [-0.1, -0.05) is 31.3 Å². The van der Waals surface area contributed by atoms with Crippen molar-refractivity contribution in [1.82, 2.24) is 4.98 Å². The number of anilines is 2. The highest BCUT2D eigenvalue weighted by molar-refractivity contribution is 8.00. The van der Waals surface area contributed by atoms with Crippen LogP contribution in [0.4, 0.5) is 10.8 Å². The summed E-state index contributed by atoms with van der Waals surface area (Å²) in [7, 11) is 0. The van der Waals surface area contributed by atoms with E-state index in [1.807, 2.05) is 25.3 Å². The summed E-state index contributed by atoms with van der Waals surface area (Å²) >= 11 is 2.93. The average Bonchev–Trinajstić information content (AvgIpc) is 3.02. The molecule has 0 saturated heterocycles. The second-order valence-electron chi connectivity index (χ2n) is 6.17. The minimum absolute atomic E-state index is 0.286. The highest BCUT2D eigenvalue weighted by Crippen LogP contribution is 2.27. The summed E-state index contributed by atoms with van der Waals surface area (Å²) in [6.45, 7) is 6.62. The van der Waals surface area contributed by atoms with E-state index in [1.54, 1.807) is 24.0 Å². The molecule has 2 N–H and O–H groups in total. The van der Waals surface area contributed by atoms with Crippen molar-refractivity contribution in [2.45, 2.75) is 31.4 Å². The number of ether oxygens (including phenoxy) is 1. The van der Waals surface area contributed by atoms with Crippen molar-refractivity contribution in [3.05, 3.63) is 30.0 Å². The Bertz CT molecular complexity index is 775. The predicted octanol–water partition coefficient (Wildman–Crippen LogP) is 4.18. The number of nitrogens with zero attached hydrogens (tertiary/aromatic N) is 1. The molecule has 0 atom stereocenters. The zero-order chi connectivity index (χ0) is 19.1. The lowest BCUT2D eigenvalue weighted by Crippen LogP contribution is -2.21. The second-order valence-corrected chi connectivity index (χ2v) is 8.30. The van der Waals surface area contributed by atoms with Crippen molar-refractivity contribution in [2.75, 3.05) is 23.5 Å². The van der Waals surface area contributed by atoms with Crippen LogP contribution in [0, 0.1) is 12.8 Å². The molecule has 8 heteroatoms. The van der Waals surface area contributed by atoms with Crippen molar-refractivity contribution in [3.8, 4) is 5.75 Å². The van der Waals surface area contributed by atoms with Gasteiger partial charge >= 0.3 is 0 Å². The molecule has 26 heavy (non-hydrogen) atoms. The van der Waals surface area contributed by atoms with E-state index < -0.39 is 11.8 Å². The fourth-order valence-corrected chi connectivity index (χ4v) is 3.32. The minimum Gasteiger partial charge on any atom is -0.491 e. The molecule has 0 saturated carbocycles. The summed E-state index contributed by atoms with van der Waals surface area (Å²) in [6, 6.07) is 5.54. The molecule has 0 spiro atoms. The molecule has 0 aliphatic rings. The Morgan fingerprint density at radius 3 is 2.65 bits per heavy atom. The van der Waals surface area contributed by atoms with Gasteiger partial charge in [0.1, 0.15) is 12.2 Å². The molecule has 0 unspecified atom stereocenters. The maximum Gasteiger partial charge on any atom is 0.235 e. The Hall–Kier alpha value is -2.06. The minimum atomic E-state index is -0.402. The molecule has 2 aromatic rings. The molecule has 1 aromatic carbocycles. The van der Waals surface area contributed by atoms with Crippen LogP contribution in [0.3, 0.4) is 0 Å². The smallest absolute Gasteiger partial charge is 0.235 e. The number of rotatable bonds is 8. The first-order valence-electron chi connectivity index (χ1n) is 8.20. The zero-order valence-electron chi connectivity index (χ0n) is 15.3. The van der Waals surface area contributed by atoms with Crippen LogP contribution in [0.2, 0.25) is 0 Å². The molecule has 0 aliphatic carbocycles. The molecule has 6 nitrogen and oxygen atoms in total. The normalized spacial score (nSPS) is 10.7. The molecular formula is C18H23N3O3S2. The number of hydrogen-bond acceptors (Lipinski definition) is 6. The van der Waals surface area contributed by atoms with Gasteiger partial charge in [-0.15, -0.1) is 11.8 Å². The monoisotopic (exact) mass is 393 g/mol. The van der Waals surface area contributed by atoms with Crippen LogP contribution in [0.25, 0.3) is 0 Å². The number of benzene rings is 1. The Kier molecular flexibility index (Phi) is 7.47. The summed E-state index contributed by atoms with van der Waals surface area (Å²) in [5, 5.41) is 5.88. The first-order valence-corrected chi connectivity index (χ1v) is 10.2. The van der Waals surface area contributed by atoms with Crippen LogP contribution in [-0.2, 0) is 9.59 Å². The first-order chi connectivity index (χ1) is 12.4. The fraction of sp³-hybridized carbons (Fsp3) is 0.389. The highest BCUT2D eigenvalue weighted by atomic mass is 32.2. The van der Waals surface area contributed by atoms with E-state index in [0.717, 1.165) is 9.77 Å². The molecule has 0 aliphatic heterocycles. The summed E-state index contributed by atoms with van der Waals surface area (Å²) in [5.74, 6) is 0.176. The van der Waals surface area contributed by atoms with Gasteiger partial charge in [0.15, 0.2) is 5.13 Å². The lowest BCUT2D eigenvalue weighted by Gasteiger charge is -2.14. The van der Waals surface area contributed by atoms with Crippen LogP contribution in [0.15, 0.2) is 28.6 Å². The number of thiazole rings is 1. The third-order valence-corrected chi connectivity index (χ3v) is 5.20. The van der Waals surface area contributed by atoms with Crippen molar-refractivity contribution in [1.29, 1.82) is 0 Å². The summed E-state index contributed by atoms with van der Waals surface area (Å²) < 4.78 is 6.77. The van der Waals surface area contributed by atoms with Crippen LogP contribution in [0.5, 0.6) is 5.75 Å². The number of aromatic nitrogens is 1. The lowest BCUT2D eigenvalue weighted by atomic mass is 10.2. The van der Waals surface area contributed by atoms with E-state index in [4.69, 9.17) is 4.74 Å². The molecule has 0 bridgehead atoms. The molecule has 1 aromatic heterocycles. The van der Waals surface area contributed by atoms with E-state index in [2.05, 4.69) is 29.5 Å². The SMILES string of the molecule is CSc1cnc(NC(=O)CC(=O)Nc2ccc(C)cc2OCC(C)C)s1. The molecular weight excluding hydrogens is 370 g/mol. The van der Waals surface area contributed by atoms with Gasteiger partial charge in [0.2, 0.25) is 11.8 Å². The number of amides is 2. The van der Waals surface area contributed by atoms with Crippen LogP contribution >= 0.6 is 23.1 Å². The molecule has 0 radical (unpaired) electrons. The van der Waals surface area contributed by atoms with E-state index in [1.165, 1.54) is 11.3 Å². The molecule has 0 fully saturated rings. The number of aryl methyl sites for hydroxylation is 1. The number of nitrogens with one attached hydrogen (secondary N) is 2. The summed E-state index contributed by atoms with van der Waals surface area (Å²) in [4.78, 5) is 28.3. The molecule has 1 heterocycles. The molecule has 2 rings (SSSR count). The third kappa shape index (κ3) is 6.34. The molecule has 140 valence electrons. The largest absolute Gasteiger partial charge is 0.491 e. The standard InChI is InChI=1S/C18H23N3O3S2/c1-11(2)10-24-14-7-12(3)5-6-13(14)20-15(22)8-16(23)21-18-19-9-17(25-4)26-18/h5-7,9,11H,8,10H2,1-4H3,(H,20,22)(H,19,21,23). The predicted molar refractivity (Wildman–Crippen MR) is 107 cm³/mol. The van der Waals surface area contributed by atoms with Crippen LogP contribution < -0.4 is 15.4 Å². The first kappa shape index (κ1) is 20.3. The average molecular weight is 394 g/mol. The number of carbonyl (C=O) groups excluding carboxylic acids is 2. The Morgan fingerprint density at radius 2 is 2.00 bits per heavy atom. The van der Waals surface area contributed by atoms with E-state index in [9.17, 15) is 9.59 Å². The van der Waals surface area contributed by atoms with Crippen molar-refractivity contribution in [3.63, 3.8) is 0 Å². The number of carbonyl (C=O) groups is 2. The maximum atomic E-state index is 12.2. The van der Waals surface area contributed by atoms with Gasteiger partial charge in [-0.05, 0) is 36.8 Å². The van der Waals surface area contributed by atoms with Gasteiger partial charge in [-0.3, -0.25) is 9.59 Å². The van der Waals surface area contributed by atoms with E-state index in [-0.39, 0.29) is 6.42 Å². The van der Waals surface area contributed by atoms with Gasteiger partial charge in [-0.2, -0.15) is 0 Å². The van der Waals surface area contributed by atoms with Crippen LogP contribution in [-0.4, -0.2) is 29.7 Å². The lowest BCUT2D eigenvalue weighted by molar-refractivity contribution is -0.123.